The number of carbonyl (C=O) groups is 1. The number of carbonyl (C=O) groups excluding carboxylic acids is 1. The second-order valence-corrected chi connectivity index (χ2v) is 6.18. The fraction of sp³-hybridized carbons (Fsp3) is 0.769. The molecule has 2 atom stereocenters. The zero-order valence-electron chi connectivity index (χ0n) is 14.5. The molecule has 0 aliphatic heterocycles. The number of hydrogen-bond acceptors (Lipinski definition) is 9. The molecule has 0 spiro atoms. The number of rotatable bonds is 13. The van der Waals surface area contributed by atoms with Gasteiger partial charge in [-0.2, -0.15) is 13.7 Å². The van der Waals surface area contributed by atoms with E-state index in [4.69, 9.17) is 22.9 Å². The van der Waals surface area contributed by atoms with Crippen molar-refractivity contribution in [3.63, 3.8) is 0 Å². The molecule has 23 heavy (non-hydrogen) atoms. The monoisotopic (exact) mass is 354 g/mol. The molecule has 0 amide bonds. The number of ether oxygens (including phenoxy) is 1. The maximum atomic E-state index is 11.7. The Balaban J connectivity index is 5.19. The molecule has 136 valence electrons. The maximum absolute atomic E-state index is 11.7. The molecule has 0 radical (unpaired) electrons. The van der Waals surface area contributed by atoms with Crippen LogP contribution < -0.4 is 0 Å². The van der Waals surface area contributed by atoms with Crippen LogP contribution >= 0.6 is 0 Å². The molecule has 0 aliphatic rings. The van der Waals surface area contributed by atoms with Gasteiger partial charge in [0.2, 0.25) is 0 Å². The summed E-state index contributed by atoms with van der Waals surface area (Å²) in [5, 5.41) is 0. The summed E-state index contributed by atoms with van der Waals surface area (Å²) in [6.45, 7) is 8.80. The van der Waals surface area contributed by atoms with Crippen LogP contribution in [0.25, 0.3) is 0 Å². The van der Waals surface area contributed by atoms with E-state index in [1.165, 1.54) is 21.3 Å². The third-order valence-corrected chi connectivity index (χ3v) is 4.38. The molecule has 0 aromatic heterocycles. The van der Waals surface area contributed by atoms with Gasteiger partial charge in [-0.15, -0.1) is 0 Å². The lowest BCUT2D eigenvalue weighted by Gasteiger charge is -2.31. The van der Waals surface area contributed by atoms with Gasteiger partial charge >= 0.3 is 15.0 Å². The molecule has 0 aromatic rings. The van der Waals surface area contributed by atoms with Gasteiger partial charge in [0.1, 0.15) is 6.10 Å². The van der Waals surface area contributed by atoms with Crippen molar-refractivity contribution < 1.29 is 42.4 Å². The van der Waals surface area contributed by atoms with E-state index in [0.29, 0.717) is 12.8 Å². The molecule has 0 heterocycles. The molecule has 0 saturated heterocycles. The Bertz CT molecular complexity index is 346. The van der Waals surface area contributed by atoms with E-state index < -0.39 is 27.2 Å². The lowest BCUT2D eigenvalue weighted by molar-refractivity contribution is -0.375. The first kappa shape index (κ1) is 22.1. The van der Waals surface area contributed by atoms with Gasteiger partial charge in [0.25, 0.3) is 0 Å². The van der Waals surface area contributed by atoms with Crippen molar-refractivity contribution in [2.24, 2.45) is 0 Å². The van der Waals surface area contributed by atoms with E-state index in [1.54, 1.807) is 6.92 Å². The Kier molecular flexibility index (Phi) is 11.2. The summed E-state index contributed by atoms with van der Waals surface area (Å²) in [6, 6.07) is 0. The van der Waals surface area contributed by atoms with Gasteiger partial charge in [-0.3, -0.25) is 0 Å². The summed E-state index contributed by atoms with van der Waals surface area (Å²) >= 11 is 0. The molecule has 0 aliphatic carbocycles. The van der Waals surface area contributed by atoms with Gasteiger partial charge in [-0.1, -0.05) is 20.4 Å². The van der Waals surface area contributed by atoms with Crippen molar-refractivity contribution in [3.05, 3.63) is 12.2 Å². The first-order chi connectivity index (χ1) is 10.9. The highest BCUT2D eigenvalue weighted by Crippen LogP contribution is 2.22. The minimum Gasteiger partial charge on any atom is -0.456 e. The van der Waals surface area contributed by atoms with Crippen molar-refractivity contribution in [1.82, 2.24) is 0 Å². The average molecular weight is 354 g/mol. The lowest BCUT2D eigenvalue weighted by atomic mass is 10.1. The van der Waals surface area contributed by atoms with Crippen LogP contribution in [0.15, 0.2) is 12.2 Å². The zero-order chi connectivity index (χ0) is 17.9. The van der Waals surface area contributed by atoms with E-state index in [9.17, 15) is 4.79 Å². The van der Waals surface area contributed by atoms with Crippen LogP contribution in [0.5, 0.6) is 0 Å². The Labute approximate surface area is 137 Å². The van der Waals surface area contributed by atoms with Gasteiger partial charge in [-0.05, 0) is 19.8 Å². The maximum Gasteiger partial charge on any atom is 0.764 e. The summed E-state index contributed by atoms with van der Waals surface area (Å²) in [5.41, 5.74) is 0.288. The van der Waals surface area contributed by atoms with Crippen molar-refractivity contribution in [2.45, 2.75) is 45.8 Å². The van der Waals surface area contributed by atoms with Crippen LogP contribution in [0.2, 0.25) is 0 Å². The molecule has 0 fully saturated rings. The van der Waals surface area contributed by atoms with Crippen molar-refractivity contribution in [2.75, 3.05) is 21.3 Å². The zero-order valence-corrected chi connectivity index (χ0v) is 15.5. The molecular weight excluding hydrogens is 328 g/mol. The minimum absolute atomic E-state index is 0.288. The summed E-state index contributed by atoms with van der Waals surface area (Å²) < 4.78 is 26.0. The molecule has 10 heteroatoms. The second kappa shape index (κ2) is 11.6. The molecule has 0 rings (SSSR count). The largest absolute Gasteiger partial charge is 0.764 e. The smallest absolute Gasteiger partial charge is 0.456 e. The van der Waals surface area contributed by atoms with Gasteiger partial charge in [0.15, 0.2) is 0 Å². The summed E-state index contributed by atoms with van der Waals surface area (Å²) in [6.07, 6.45) is -0.202. The highest BCUT2D eigenvalue weighted by molar-refractivity contribution is 6.52. The molecule has 0 aromatic carbocycles. The van der Waals surface area contributed by atoms with Crippen molar-refractivity contribution >= 4 is 15.0 Å². The SMILES string of the molecule is C=C(C)C(=O)OC(CC)C(CC)O[Si](OOC)(OOC)OOC. The molecule has 0 N–H and O–H groups in total. The van der Waals surface area contributed by atoms with E-state index in [-0.39, 0.29) is 5.57 Å². The number of esters is 1. The second-order valence-electron chi connectivity index (χ2n) is 4.45. The molecular formula is C13H26O9Si. The normalized spacial score (nSPS) is 14.3. The Morgan fingerprint density at radius 1 is 0.957 bits per heavy atom. The highest BCUT2D eigenvalue weighted by atomic mass is 28.4. The summed E-state index contributed by atoms with van der Waals surface area (Å²) in [5.74, 6) is -0.515. The standard InChI is InChI=1S/C13H26O9Si/c1-8-11(18-13(14)10(3)4)12(9-2)19-23(20-15-5,21-16-6)22-17-7/h11-12H,3,8-9H2,1-2,4-7H3. The summed E-state index contributed by atoms with van der Waals surface area (Å²) in [4.78, 5) is 25.5. The van der Waals surface area contributed by atoms with Crippen LogP contribution in [-0.2, 0) is 42.4 Å². The minimum atomic E-state index is -3.92. The van der Waals surface area contributed by atoms with E-state index in [2.05, 4.69) is 21.2 Å². The Morgan fingerprint density at radius 2 is 1.39 bits per heavy atom. The van der Waals surface area contributed by atoms with Crippen LogP contribution in [0.4, 0.5) is 0 Å². The fourth-order valence-electron chi connectivity index (χ4n) is 1.67. The van der Waals surface area contributed by atoms with Crippen molar-refractivity contribution in [1.29, 1.82) is 0 Å². The Morgan fingerprint density at radius 3 is 1.70 bits per heavy atom. The van der Waals surface area contributed by atoms with Crippen LogP contribution in [0.3, 0.4) is 0 Å². The Hall–Kier alpha value is -0.853. The average Bonchev–Trinajstić information content (AvgIpc) is 2.51. The van der Waals surface area contributed by atoms with Gasteiger partial charge in [0.05, 0.1) is 27.4 Å². The third kappa shape index (κ3) is 7.50. The third-order valence-electron chi connectivity index (χ3n) is 2.68. The van der Waals surface area contributed by atoms with E-state index in [1.807, 2.05) is 13.8 Å². The highest BCUT2D eigenvalue weighted by Gasteiger charge is 2.54. The summed E-state index contributed by atoms with van der Waals surface area (Å²) in [7, 11) is -0.160. The van der Waals surface area contributed by atoms with Gasteiger partial charge < -0.3 is 9.16 Å². The quantitative estimate of drug-likeness (QED) is 0.161. The van der Waals surface area contributed by atoms with Crippen LogP contribution in [-0.4, -0.2) is 48.6 Å². The fourth-order valence-corrected chi connectivity index (χ4v) is 3.18. The molecule has 0 bridgehead atoms. The predicted octanol–water partition coefficient (Wildman–Crippen LogP) is 1.85. The first-order valence-electron chi connectivity index (χ1n) is 7.09. The molecule has 0 saturated carbocycles. The number of hydrogen-bond donors (Lipinski definition) is 0. The molecule has 9 nitrogen and oxygen atoms in total. The van der Waals surface area contributed by atoms with Crippen LogP contribution in [0, 0.1) is 0 Å². The van der Waals surface area contributed by atoms with Crippen molar-refractivity contribution in [3.8, 4) is 0 Å². The topological polar surface area (TPSA) is 90.9 Å². The first-order valence-corrected chi connectivity index (χ1v) is 8.72. The molecule has 2 unspecified atom stereocenters. The van der Waals surface area contributed by atoms with E-state index >= 15 is 0 Å². The predicted molar refractivity (Wildman–Crippen MR) is 80.2 cm³/mol. The van der Waals surface area contributed by atoms with E-state index in [0.717, 1.165) is 0 Å². The lowest BCUT2D eigenvalue weighted by Crippen LogP contribution is -2.53. The van der Waals surface area contributed by atoms with Gasteiger partial charge in [-0.25, -0.2) is 19.5 Å². The van der Waals surface area contributed by atoms with Gasteiger partial charge in [0, 0.05) is 5.57 Å². The van der Waals surface area contributed by atoms with Crippen LogP contribution in [0.1, 0.15) is 33.6 Å².